The normalized spacial score (nSPS) is 27.4. The predicted molar refractivity (Wildman–Crippen MR) is 129 cm³/mol. The first-order valence-electron chi connectivity index (χ1n) is 11.9. The lowest BCUT2D eigenvalue weighted by atomic mass is 9.70. The highest BCUT2D eigenvalue weighted by Crippen LogP contribution is 2.66. The smallest absolute Gasteiger partial charge is 0.407 e. The molecule has 0 aliphatic heterocycles. The molecule has 1 aromatic carbocycles. The summed E-state index contributed by atoms with van der Waals surface area (Å²) in [5, 5.41) is 12.2. The molecular formula is C26H37N3O5. The molecule has 2 aliphatic rings. The molecule has 2 bridgehead atoms. The van der Waals surface area contributed by atoms with E-state index in [0.717, 1.165) is 12.8 Å². The van der Waals surface area contributed by atoms with E-state index >= 15 is 0 Å². The number of ether oxygens (including phenoxy) is 1. The molecule has 2 saturated carbocycles. The van der Waals surface area contributed by atoms with Crippen molar-refractivity contribution < 1.29 is 24.2 Å². The van der Waals surface area contributed by atoms with Crippen LogP contribution in [0.3, 0.4) is 0 Å². The van der Waals surface area contributed by atoms with Crippen molar-refractivity contribution in [1.82, 2.24) is 5.32 Å². The number of nitrogens with one attached hydrogen (secondary N) is 1. The third-order valence-electron chi connectivity index (χ3n) is 8.48. The monoisotopic (exact) mass is 471 g/mol. The zero-order valence-electron chi connectivity index (χ0n) is 20.5. The van der Waals surface area contributed by atoms with Crippen molar-refractivity contribution in [2.24, 2.45) is 28.2 Å². The van der Waals surface area contributed by atoms with Crippen LogP contribution in [-0.2, 0) is 19.9 Å². The van der Waals surface area contributed by atoms with Crippen LogP contribution in [0.15, 0.2) is 41.6 Å². The number of Topliss-reactive ketones (excluding diaryl/α,β-unsaturated/α-hetero) is 1. The fraction of sp³-hybridized carbons (Fsp3) is 0.577. The minimum atomic E-state index is -1.40. The Hall–Kier alpha value is -2.87. The number of aliphatic carboxylic acids is 1. The van der Waals surface area contributed by atoms with E-state index in [1.165, 1.54) is 6.42 Å². The SMILES string of the molecule is CC(N)(C(C(=O)CCCNC(=O)OC1CC2CCC1(C)C2(C)C)=C(N)C(=O)O)c1ccccc1. The zero-order chi connectivity index (χ0) is 25.3. The minimum absolute atomic E-state index is 0.0144. The van der Waals surface area contributed by atoms with Crippen LogP contribution < -0.4 is 16.8 Å². The van der Waals surface area contributed by atoms with Gasteiger partial charge in [0.15, 0.2) is 5.78 Å². The van der Waals surface area contributed by atoms with Gasteiger partial charge in [-0.3, -0.25) is 4.79 Å². The summed E-state index contributed by atoms with van der Waals surface area (Å²) in [6.07, 6.45) is 2.78. The van der Waals surface area contributed by atoms with Crippen molar-refractivity contribution in [2.75, 3.05) is 6.54 Å². The van der Waals surface area contributed by atoms with Crippen molar-refractivity contribution in [2.45, 2.75) is 71.4 Å². The first-order valence-corrected chi connectivity index (χ1v) is 11.9. The van der Waals surface area contributed by atoms with Gasteiger partial charge in [0.05, 0.1) is 5.54 Å². The van der Waals surface area contributed by atoms with Crippen molar-refractivity contribution >= 4 is 17.8 Å². The van der Waals surface area contributed by atoms with Gasteiger partial charge in [-0.05, 0) is 49.5 Å². The molecule has 0 spiro atoms. The van der Waals surface area contributed by atoms with E-state index in [-0.39, 0.29) is 35.5 Å². The molecule has 0 saturated heterocycles. The standard InChI is InChI=1S/C26H37N3O5/c1-24(2)17-12-13-25(24,3)19(15-17)34-23(33)29-14-8-11-18(30)20(21(27)22(31)32)26(4,28)16-9-6-5-7-10-16/h5-7,9-10,17,19H,8,11-15,27-28H2,1-4H3,(H,29,33)(H,31,32). The van der Waals surface area contributed by atoms with E-state index in [0.29, 0.717) is 17.9 Å². The van der Waals surface area contributed by atoms with Crippen LogP contribution >= 0.6 is 0 Å². The number of rotatable bonds is 9. The summed E-state index contributed by atoms with van der Waals surface area (Å²) in [6.45, 7) is 8.50. The first-order chi connectivity index (χ1) is 15.8. The number of carbonyl (C=O) groups excluding carboxylic acids is 2. The molecular weight excluding hydrogens is 434 g/mol. The molecule has 0 radical (unpaired) electrons. The first kappa shape index (κ1) is 25.7. The molecule has 4 atom stereocenters. The molecule has 2 aliphatic carbocycles. The summed E-state index contributed by atoms with van der Waals surface area (Å²) < 4.78 is 5.76. The van der Waals surface area contributed by atoms with Crippen LogP contribution in [0.1, 0.15) is 65.4 Å². The van der Waals surface area contributed by atoms with E-state index < -0.39 is 29.1 Å². The number of alkyl carbamates (subject to hydrolysis) is 1. The number of amides is 1. The van der Waals surface area contributed by atoms with Crippen LogP contribution in [0, 0.1) is 16.7 Å². The quantitative estimate of drug-likeness (QED) is 0.319. The molecule has 4 unspecified atom stereocenters. The Morgan fingerprint density at radius 2 is 1.85 bits per heavy atom. The zero-order valence-corrected chi connectivity index (χ0v) is 20.5. The Morgan fingerprint density at radius 1 is 1.21 bits per heavy atom. The third kappa shape index (κ3) is 4.56. The van der Waals surface area contributed by atoms with Gasteiger partial charge in [0, 0.05) is 24.0 Å². The van der Waals surface area contributed by atoms with Gasteiger partial charge in [-0.25, -0.2) is 9.59 Å². The maximum absolute atomic E-state index is 13.0. The summed E-state index contributed by atoms with van der Waals surface area (Å²) in [4.78, 5) is 37.0. The second kappa shape index (κ2) is 9.41. The number of benzene rings is 1. The summed E-state index contributed by atoms with van der Waals surface area (Å²) in [5.74, 6) is -1.31. The Balaban J connectivity index is 1.57. The van der Waals surface area contributed by atoms with Gasteiger partial charge in [-0.1, -0.05) is 51.1 Å². The summed E-state index contributed by atoms with van der Waals surface area (Å²) >= 11 is 0. The predicted octanol–water partition coefficient (Wildman–Crippen LogP) is 3.45. The number of fused-ring (bicyclic) bond motifs is 2. The van der Waals surface area contributed by atoms with Gasteiger partial charge >= 0.3 is 12.1 Å². The minimum Gasteiger partial charge on any atom is -0.477 e. The lowest BCUT2D eigenvalue weighted by molar-refractivity contribution is -0.133. The highest BCUT2D eigenvalue weighted by Gasteiger charge is 2.62. The molecule has 6 N–H and O–H groups in total. The largest absolute Gasteiger partial charge is 0.477 e. The lowest BCUT2D eigenvalue weighted by Crippen LogP contribution is -2.42. The second-order valence-corrected chi connectivity index (χ2v) is 10.6. The molecule has 186 valence electrons. The highest BCUT2D eigenvalue weighted by atomic mass is 16.6. The van der Waals surface area contributed by atoms with Crippen molar-refractivity contribution in [3.8, 4) is 0 Å². The number of ketones is 1. The maximum Gasteiger partial charge on any atom is 0.407 e. The fourth-order valence-electron chi connectivity index (χ4n) is 5.80. The molecule has 0 aromatic heterocycles. The summed E-state index contributed by atoms with van der Waals surface area (Å²) in [6, 6.07) is 8.75. The van der Waals surface area contributed by atoms with E-state index in [2.05, 4.69) is 26.1 Å². The van der Waals surface area contributed by atoms with Gasteiger partial charge in [-0.2, -0.15) is 0 Å². The van der Waals surface area contributed by atoms with Crippen molar-refractivity contribution in [3.63, 3.8) is 0 Å². The van der Waals surface area contributed by atoms with E-state index in [1.807, 2.05) is 0 Å². The maximum atomic E-state index is 13.0. The molecule has 8 heteroatoms. The number of hydrogen-bond acceptors (Lipinski definition) is 6. The Kier molecular flexibility index (Phi) is 7.12. The average molecular weight is 472 g/mol. The summed E-state index contributed by atoms with van der Waals surface area (Å²) in [7, 11) is 0. The molecule has 34 heavy (non-hydrogen) atoms. The number of nitrogens with two attached hydrogens (primary N) is 2. The topological polar surface area (TPSA) is 145 Å². The average Bonchev–Trinajstić information content (AvgIpc) is 3.10. The lowest BCUT2D eigenvalue weighted by Gasteiger charge is -2.38. The van der Waals surface area contributed by atoms with Crippen LogP contribution in [-0.4, -0.2) is 35.6 Å². The van der Waals surface area contributed by atoms with Crippen LogP contribution in [0.4, 0.5) is 4.79 Å². The number of hydrogen-bond donors (Lipinski definition) is 4. The van der Waals surface area contributed by atoms with Crippen LogP contribution in [0.5, 0.6) is 0 Å². The van der Waals surface area contributed by atoms with Gasteiger partial charge in [0.2, 0.25) is 0 Å². The van der Waals surface area contributed by atoms with Gasteiger partial charge in [0.1, 0.15) is 11.8 Å². The number of carbonyl (C=O) groups is 3. The molecule has 3 rings (SSSR count). The number of carboxylic acids is 1. The molecule has 2 fully saturated rings. The van der Waals surface area contributed by atoms with Crippen LogP contribution in [0.25, 0.3) is 0 Å². The van der Waals surface area contributed by atoms with Gasteiger partial charge < -0.3 is 26.6 Å². The Morgan fingerprint density at radius 3 is 2.38 bits per heavy atom. The van der Waals surface area contributed by atoms with Crippen molar-refractivity contribution in [1.29, 1.82) is 0 Å². The van der Waals surface area contributed by atoms with E-state index in [1.54, 1.807) is 37.3 Å². The Bertz CT molecular complexity index is 985. The molecule has 8 nitrogen and oxygen atoms in total. The van der Waals surface area contributed by atoms with Crippen LogP contribution in [0.2, 0.25) is 0 Å². The molecule has 1 amide bonds. The summed E-state index contributed by atoms with van der Waals surface area (Å²) in [5.41, 5.74) is 10.8. The fourth-order valence-corrected chi connectivity index (χ4v) is 5.80. The van der Waals surface area contributed by atoms with E-state index in [4.69, 9.17) is 16.2 Å². The second-order valence-electron chi connectivity index (χ2n) is 10.6. The highest BCUT2D eigenvalue weighted by molar-refractivity contribution is 6.04. The van der Waals surface area contributed by atoms with E-state index in [9.17, 15) is 19.5 Å². The Labute approximate surface area is 201 Å². The third-order valence-corrected chi connectivity index (χ3v) is 8.48. The molecule has 1 aromatic rings. The van der Waals surface area contributed by atoms with Crippen molar-refractivity contribution in [3.05, 3.63) is 47.2 Å². The number of carboxylic acid groups (broad SMARTS) is 1. The van der Waals surface area contributed by atoms with Gasteiger partial charge in [0.25, 0.3) is 0 Å². The van der Waals surface area contributed by atoms with Gasteiger partial charge in [-0.15, -0.1) is 0 Å². The molecule has 0 heterocycles.